The number of phenolic OH excluding ortho intramolecular Hbond substituents is 1. The highest BCUT2D eigenvalue weighted by molar-refractivity contribution is 5.86. The van der Waals surface area contributed by atoms with Crippen molar-refractivity contribution >= 4 is 18.5 Å². The first-order valence-corrected chi connectivity index (χ1v) is 6.33. The highest BCUT2D eigenvalue weighted by Gasteiger charge is 1.93. The summed E-state index contributed by atoms with van der Waals surface area (Å²) < 4.78 is 0. The SMILES string of the molecule is CC(=Cc1ccccc1)/C=N/N=C/c1ccccc1O. The van der Waals surface area contributed by atoms with Gasteiger partial charge in [-0.15, -0.1) is 0 Å². The predicted molar refractivity (Wildman–Crippen MR) is 84.3 cm³/mol. The van der Waals surface area contributed by atoms with Gasteiger partial charge in [-0.2, -0.15) is 10.2 Å². The molecule has 0 saturated heterocycles. The summed E-state index contributed by atoms with van der Waals surface area (Å²) >= 11 is 0. The second kappa shape index (κ2) is 7.04. The molecule has 3 nitrogen and oxygen atoms in total. The van der Waals surface area contributed by atoms with Crippen molar-refractivity contribution in [1.29, 1.82) is 0 Å². The number of allylic oxidation sites excluding steroid dienone is 1. The summed E-state index contributed by atoms with van der Waals surface area (Å²) in [6, 6.07) is 17.0. The summed E-state index contributed by atoms with van der Waals surface area (Å²) in [4.78, 5) is 0. The Morgan fingerprint density at radius 2 is 1.65 bits per heavy atom. The standard InChI is InChI=1S/C17H16N2O/c1-14(11-15-7-3-2-4-8-15)12-18-19-13-16-9-5-6-10-17(16)20/h2-13,20H,1H3/b14-11?,18-12+,19-13+. The van der Waals surface area contributed by atoms with Gasteiger partial charge in [0.2, 0.25) is 0 Å². The van der Waals surface area contributed by atoms with E-state index >= 15 is 0 Å². The first-order chi connectivity index (χ1) is 9.75. The van der Waals surface area contributed by atoms with Crippen LogP contribution in [0.15, 0.2) is 70.4 Å². The van der Waals surface area contributed by atoms with Crippen molar-refractivity contribution in [2.75, 3.05) is 0 Å². The first-order valence-electron chi connectivity index (χ1n) is 6.33. The second-order valence-electron chi connectivity index (χ2n) is 4.35. The van der Waals surface area contributed by atoms with E-state index in [2.05, 4.69) is 10.2 Å². The smallest absolute Gasteiger partial charge is 0.124 e. The van der Waals surface area contributed by atoms with Gasteiger partial charge >= 0.3 is 0 Å². The summed E-state index contributed by atoms with van der Waals surface area (Å²) in [7, 11) is 0. The van der Waals surface area contributed by atoms with Crippen LogP contribution in [-0.2, 0) is 0 Å². The molecule has 0 atom stereocenters. The van der Waals surface area contributed by atoms with E-state index in [0.29, 0.717) is 5.56 Å². The zero-order valence-electron chi connectivity index (χ0n) is 11.3. The predicted octanol–water partition coefficient (Wildman–Crippen LogP) is 3.90. The van der Waals surface area contributed by atoms with Crippen molar-refractivity contribution in [3.63, 3.8) is 0 Å². The van der Waals surface area contributed by atoms with Crippen LogP contribution >= 0.6 is 0 Å². The molecule has 0 bridgehead atoms. The maximum absolute atomic E-state index is 9.56. The maximum atomic E-state index is 9.56. The number of aromatic hydroxyl groups is 1. The van der Waals surface area contributed by atoms with Crippen LogP contribution < -0.4 is 0 Å². The Kier molecular flexibility index (Phi) is 4.84. The normalized spacial score (nSPS) is 12.3. The molecule has 3 heteroatoms. The van der Waals surface area contributed by atoms with Crippen LogP contribution in [0.3, 0.4) is 0 Å². The lowest BCUT2D eigenvalue weighted by Crippen LogP contribution is -1.81. The summed E-state index contributed by atoms with van der Waals surface area (Å²) in [5.74, 6) is 0.197. The topological polar surface area (TPSA) is 45.0 Å². The fraction of sp³-hybridized carbons (Fsp3) is 0.0588. The van der Waals surface area contributed by atoms with E-state index in [-0.39, 0.29) is 5.75 Å². The fourth-order valence-corrected chi connectivity index (χ4v) is 1.67. The van der Waals surface area contributed by atoms with Crippen LogP contribution in [0.2, 0.25) is 0 Å². The van der Waals surface area contributed by atoms with Crippen LogP contribution in [0.4, 0.5) is 0 Å². The van der Waals surface area contributed by atoms with E-state index < -0.39 is 0 Å². The molecule has 100 valence electrons. The molecular formula is C17H16N2O. The summed E-state index contributed by atoms with van der Waals surface area (Å²) in [6.45, 7) is 1.96. The van der Waals surface area contributed by atoms with Crippen molar-refractivity contribution in [3.8, 4) is 5.75 Å². The van der Waals surface area contributed by atoms with Crippen molar-refractivity contribution in [1.82, 2.24) is 0 Å². The molecule has 0 amide bonds. The lowest BCUT2D eigenvalue weighted by Gasteiger charge is -1.95. The van der Waals surface area contributed by atoms with Gasteiger partial charge in [-0.1, -0.05) is 48.5 Å². The van der Waals surface area contributed by atoms with E-state index in [9.17, 15) is 5.11 Å². The number of phenols is 1. The number of para-hydroxylation sites is 1. The quantitative estimate of drug-likeness (QED) is 0.660. The minimum atomic E-state index is 0.197. The van der Waals surface area contributed by atoms with Crippen LogP contribution in [0.25, 0.3) is 6.08 Å². The molecule has 0 fully saturated rings. The van der Waals surface area contributed by atoms with Gasteiger partial charge in [-0.25, -0.2) is 0 Å². The maximum Gasteiger partial charge on any atom is 0.124 e. The lowest BCUT2D eigenvalue weighted by molar-refractivity contribution is 0.474. The molecule has 0 unspecified atom stereocenters. The van der Waals surface area contributed by atoms with Gasteiger partial charge < -0.3 is 5.11 Å². The average molecular weight is 264 g/mol. The molecule has 0 spiro atoms. The van der Waals surface area contributed by atoms with E-state index in [1.807, 2.05) is 49.4 Å². The molecule has 20 heavy (non-hydrogen) atoms. The Balaban J connectivity index is 2.00. The number of benzene rings is 2. The lowest BCUT2D eigenvalue weighted by atomic mass is 10.1. The zero-order chi connectivity index (χ0) is 14.2. The van der Waals surface area contributed by atoms with Gasteiger partial charge in [0, 0.05) is 5.56 Å². The van der Waals surface area contributed by atoms with E-state index in [1.54, 1.807) is 24.4 Å². The number of hydrogen-bond acceptors (Lipinski definition) is 3. The minimum Gasteiger partial charge on any atom is -0.507 e. The summed E-state index contributed by atoms with van der Waals surface area (Å²) in [5, 5.41) is 17.5. The van der Waals surface area contributed by atoms with Crippen LogP contribution in [0.1, 0.15) is 18.1 Å². The third-order valence-corrected chi connectivity index (χ3v) is 2.66. The van der Waals surface area contributed by atoms with Gasteiger partial charge in [0.25, 0.3) is 0 Å². The Morgan fingerprint density at radius 3 is 2.40 bits per heavy atom. The zero-order valence-corrected chi connectivity index (χ0v) is 11.3. The largest absolute Gasteiger partial charge is 0.507 e. The molecule has 0 aliphatic rings. The van der Waals surface area contributed by atoms with Crippen LogP contribution in [-0.4, -0.2) is 17.5 Å². The monoisotopic (exact) mass is 264 g/mol. The Hall–Kier alpha value is -2.68. The summed E-state index contributed by atoms with van der Waals surface area (Å²) in [5.41, 5.74) is 2.78. The highest BCUT2D eigenvalue weighted by Crippen LogP contribution is 2.12. The van der Waals surface area contributed by atoms with Crippen molar-refractivity contribution in [2.24, 2.45) is 10.2 Å². The van der Waals surface area contributed by atoms with Gasteiger partial charge in [-0.3, -0.25) is 0 Å². The molecule has 2 rings (SSSR count). The Morgan fingerprint density at radius 1 is 0.950 bits per heavy atom. The molecule has 0 radical (unpaired) electrons. The molecule has 0 aliphatic carbocycles. The Bertz CT molecular complexity index is 643. The third kappa shape index (κ3) is 4.21. The number of nitrogens with zero attached hydrogens (tertiary/aromatic N) is 2. The van der Waals surface area contributed by atoms with E-state index in [0.717, 1.165) is 11.1 Å². The van der Waals surface area contributed by atoms with Crippen molar-refractivity contribution in [2.45, 2.75) is 6.92 Å². The van der Waals surface area contributed by atoms with E-state index in [1.165, 1.54) is 6.21 Å². The molecule has 0 saturated carbocycles. The molecule has 0 aliphatic heterocycles. The van der Waals surface area contributed by atoms with Gasteiger partial charge in [0.05, 0.1) is 12.4 Å². The highest BCUT2D eigenvalue weighted by atomic mass is 16.3. The van der Waals surface area contributed by atoms with Gasteiger partial charge in [0.1, 0.15) is 5.75 Å². The van der Waals surface area contributed by atoms with Gasteiger partial charge in [-0.05, 0) is 30.2 Å². The molecule has 2 aromatic carbocycles. The summed E-state index contributed by atoms with van der Waals surface area (Å²) in [6.07, 6.45) is 5.24. The molecule has 1 N–H and O–H groups in total. The van der Waals surface area contributed by atoms with Crippen molar-refractivity contribution in [3.05, 3.63) is 71.3 Å². The minimum absolute atomic E-state index is 0.197. The average Bonchev–Trinajstić information content (AvgIpc) is 2.46. The molecule has 0 aromatic heterocycles. The first kappa shape index (κ1) is 13.7. The van der Waals surface area contributed by atoms with E-state index in [4.69, 9.17) is 0 Å². The molecule has 2 aromatic rings. The fourth-order valence-electron chi connectivity index (χ4n) is 1.67. The second-order valence-corrected chi connectivity index (χ2v) is 4.35. The van der Waals surface area contributed by atoms with Crippen LogP contribution in [0.5, 0.6) is 5.75 Å². The van der Waals surface area contributed by atoms with Gasteiger partial charge in [0.15, 0.2) is 0 Å². The number of hydrogen-bond donors (Lipinski definition) is 1. The third-order valence-electron chi connectivity index (χ3n) is 2.66. The Labute approximate surface area is 118 Å². The number of rotatable bonds is 4. The molecular weight excluding hydrogens is 248 g/mol. The van der Waals surface area contributed by atoms with Crippen molar-refractivity contribution < 1.29 is 5.11 Å². The molecule has 0 heterocycles. The van der Waals surface area contributed by atoms with Crippen LogP contribution in [0, 0.1) is 0 Å².